The predicted molar refractivity (Wildman–Crippen MR) is 133 cm³/mol. The minimum atomic E-state index is -0.319. The van der Waals surface area contributed by atoms with Gasteiger partial charge in [0.25, 0.3) is 0 Å². The molecule has 1 N–H and O–H groups in total. The standard InChI is InChI=1S/C24H21Cl3N4O2/c25-21-12-19(31-24(32)28-8-9-30-31)13-22(26)20(21)11-16-1-3-18(4-2-16)15-33-10-7-17-5-6-23(27)29-14-17/h1-6,9,12-14H,7-8,10-11,15H2,(H,28,32). The van der Waals surface area contributed by atoms with Crippen molar-refractivity contribution in [2.75, 3.05) is 18.2 Å². The van der Waals surface area contributed by atoms with Crippen molar-refractivity contribution in [3.05, 3.63) is 92.2 Å². The van der Waals surface area contributed by atoms with E-state index in [1.807, 2.05) is 30.3 Å². The molecule has 2 heterocycles. The smallest absolute Gasteiger partial charge is 0.342 e. The van der Waals surface area contributed by atoms with Crippen molar-refractivity contribution in [1.29, 1.82) is 0 Å². The molecule has 1 aliphatic heterocycles. The number of amides is 2. The van der Waals surface area contributed by atoms with Gasteiger partial charge in [-0.2, -0.15) is 10.1 Å². The number of ether oxygens (including phenoxy) is 1. The molecule has 0 bridgehead atoms. The third kappa shape index (κ3) is 6.24. The second kappa shape index (κ2) is 11.0. The van der Waals surface area contributed by atoms with E-state index in [0.29, 0.717) is 47.1 Å². The number of carbonyl (C=O) groups is 1. The van der Waals surface area contributed by atoms with E-state index in [4.69, 9.17) is 39.5 Å². The fourth-order valence-electron chi connectivity index (χ4n) is 3.34. The first-order chi connectivity index (χ1) is 16.0. The number of carbonyl (C=O) groups excluding carboxylic acids is 1. The third-order valence-electron chi connectivity index (χ3n) is 5.10. The van der Waals surface area contributed by atoms with E-state index in [9.17, 15) is 4.79 Å². The van der Waals surface area contributed by atoms with Crippen molar-refractivity contribution < 1.29 is 9.53 Å². The van der Waals surface area contributed by atoms with Crippen LogP contribution in [-0.2, 0) is 24.2 Å². The predicted octanol–water partition coefficient (Wildman–Crippen LogP) is 5.91. The van der Waals surface area contributed by atoms with E-state index >= 15 is 0 Å². The van der Waals surface area contributed by atoms with E-state index < -0.39 is 0 Å². The Bertz CT molecular complexity index is 1130. The lowest BCUT2D eigenvalue weighted by molar-refractivity contribution is 0.124. The molecule has 0 fully saturated rings. The summed E-state index contributed by atoms with van der Waals surface area (Å²) in [6.45, 7) is 1.52. The molecule has 0 saturated heterocycles. The molecule has 33 heavy (non-hydrogen) atoms. The Hall–Kier alpha value is -2.64. The molecule has 170 valence electrons. The number of anilines is 1. The number of nitrogens with zero attached hydrogens (tertiary/aromatic N) is 3. The van der Waals surface area contributed by atoms with Crippen LogP contribution in [0.5, 0.6) is 0 Å². The number of hydrogen-bond acceptors (Lipinski definition) is 4. The van der Waals surface area contributed by atoms with E-state index in [-0.39, 0.29) is 6.03 Å². The number of benzene rings is 2. The zero-order chi connectivity index (χ0) is 23.2. The number of nitrogens with one attached hydrogen (secondary N) is 1. The van der Waals surface area contributed by atoms with E-state index in [2.05, 4.69) is 15.4 Å². The summed E-state index contributed by atoms with van der Waals surface area (Å²) in [6.07, 6.45) is 4.72. The maximum Gasteiger partial charge on any atom is 0.342 e. The molecule has 0 aliphatic carbocycles. The van der Waals surface area contributed by atoms with Crippen molar-refractivity contribution in [1.82, 2.24) is 10.3 Å². The van der Waals surface area contributed by atoms with Crippen LogP contribution in [-0.4, -0.2) is 30.4 Å². The molecular weight excluding hydrogens is 483 g/mol. The van der Waals surface area contributed by atoms with Crippen molar-refractivity contribution in [2.24, 2.45) is 5.10 Å². The summed E-state index contributed by atoms with van der Waals surface area (Å²) in [7, 11) is 0. The molecule has 6 nitrogen and oxygen atoms in total. The molecule has 9 heteroatoms. The van der Waals surface area contributed by atoms with Gasteiger partial charge in [-0.25, -0.2) is 9.78 Å². The summed E-state index contributed by atoms with van der Waals surface area (Å²) in [5.74, 6) is 0. The van der Waals surface area contributed by atoms with Gasteiger partial charge >= 0.3 is 6.03 Å². The van der Waals surface area contributed by atoms with Crippen LogP contribution >= 0.6 is 34.8 Å². The lowest BCUT2D eigenvalue weighted by Gasteiger charge is -2.22. The molecule has 0 unspecified atom stereocenters. The molecule has 3 aromatic rings. The number of hydrazone groups is 1. The number of pyridine rings is 1. The van der Waals surface area contributed by atoms with Crippen molar-refractivity contribution in [3.8, 4) is 0 Å². The fourth-order valence-corrected chi connectivity index (χ4v) is 4.06. The number of aromatic nitrogens is 1. The summed E-state index contributed by atoms with van der Waals surface area (Å²) in [6, 6.07) is 14.9. The highest BCUT2D eigenvalue weighted by atomic mass is 35.5. The molecule has 2 aromatic carbocycles. The van der Waals surface area contributed by atoms with Gasteiger partial charge in [0.1, 0.15) is 5.15 Å². The van der Waals surface area contributed by atoms with Crippen LogP contribution in [0.1, 0.15) is 22.3 Å². The van der Waals surface area contributed by atoms with Gasteiger partial charge in [-0.15, -0.1) is 0 Å². The highest BCUT2D eigenvalue weighted by molar-refractivity contribution is 6.36. The van der Waals surface area contributed by atoms with E-state index in [1.54, 1.807) is 30.6 Å². The molecule has 0 spiro atoms. The molecule has 1 aliphatic rings. The Morgan fingerprint density at radius 1 is 0.970 bits per heavy atom. The zero-order valence-corrected chi connectivity index (χ0v) is 19.9. The molecule has 0 saturated carbocycles. The monoisotopic (exact) mass is 502 g/mol. The van der Waals surface area contributed by atoms with Gasteiger partial charge in [0.2, 0.25) is 0 Å². The van der Waals surface area contributed by atoms with Crippen LogP contribution in [0, 0.1) is 0 Å². The van der Waals surface area contributed by atoms with Gasteiger partial charge in [-0.3, -0.25) is 0 Å². The summed E-state index contributed by atoms with van der Waals surface area (Å²) in [5, 5.41) is 9.48. The van der Waals surface area contributed by atoms with Crippen molar-refractivity contribution >= 4 is 52.7 Å². The lowest BCUT2D eigenvalue weighted by atomic mass is 10.0. The lowest BCUT2D eigenvalue weighted by Crippen LogP contribution is -2.41. The number of rotatable bonds is 8. The molecule has 1 aromatic heterocycles. The molecule has 4 rings (SSSR count). The van der Waals surface area contributed by atoms with Gasteiger partial charge in [0.15, 0.2) is 0 Å². The highest BCUT2D eigenvalue weighted by Crippen LogP contribution is 2.33. The first-order valence-corrected chi connectivity index (χ1v) is 11.5. The van der Waals surface area contributed by atoms with Crippen LogP contribution in [0.4, 0.5) is 10.5 Å². The Kier molecular flexibility index (Phi) is 7.83. The zero-order valence-electron chi connectivity index (χ0n) is 17.6. The summed E-state index contributed by atoms with van der Waals surface area (Å²) >= 11 is 18.8. The second-order valence-corrected chi connectivity index (χ2v) is 8.67. The van der Waals surface area contributed by atoms with Crippen molar-refractivity contribution in [2.45, 2.75) is 19.4 Å². The maximum absolute atomic E-state index is 12.0. The third-order valence-corrected chi connectivity index (χ3v) is 6.00. The van der Waals surface area contributed by atoms with Crippen LogP contribution in [0.15, 0.2) is 59.8 Å². The molecular formula is C24H21Cl3N4O2. The largest absolute Gasteiger partial charge is 0.376 e. The fraction of sp³-hybridized carbons (Fsp3) is 0.208. The normalized spacial score (nSPS) is 13.3. The average molecular weight is 504 g/mol. The van der Waals surface area contributed by atoms with E-state index in [1.165, 1.54) is 5.01 Å². The Labute approximate surface area is 207 Å². The SMILES string of the molecule is O=C1NCC=NN1c1cc(Cl)c(Cc2ccc(COCCc3ccc(Cl)nc3)cc2)c(Cl)c1. The minimum absolute atomic E-state index is 0.319. The maximum atomic E-state index is 12.0. The number of hydrogen-bond donors (Lipinski definition) is 1. The Morgan fingerprint density at radius 2 is 1.67 bits per heavy atom. The number of halogens is 3. The highest BCUT2D eigenvalue weighted by Gasteiger charge is 2.20. The number of urea groups is 1. The Morgan fingerprint density at radius 3 is 2.33 bits per heavy atom. The summed E-state index contributed by atoms with van der Waals surface area (Å²) in [4.78, 5) is 16.1. The minimum Gasteiger partial charge on any atom is -0.376 e. The second-order valence-electron chi connectivity index (χ2n) is 7.47. The van der Waals surface area contributed by atoms with Crippen LogP contribution in [0.25, 0.3) is 0 Å². The quantitative estimate of drug-likeness (QED) is 0.307. The molecule has 0 radical (unpaired) electrons. The Balaban J connectivity index is 1.33. The van der Waals surface area contributed by atoms with E-state index in [0.717, 1.165) is 28.7 Å². The topological polar surface area (TPSA) is 66.8 Å². The first-order valence-electron chi connectivity index (χ1n) is 10.3. The first kappa shape index (κ1) is 23.5. The van der Waals surface area contributed by atoms with Gasteiger partial charge in [0.05, 0.1) is 25.4 Å². The molecule has 2 amide bonds. The van der Waals surface area contributed by atoms with Crippen LogP contribution in [0.3, 0.4) is 0 Å². The van der Waals surface area contributed by atoms with Gasteiger partial charge in [0, 0.05) is 28.9 Å². The van der Waals surface area contributed by atoms with Crippen LogP contribution < -0.4 is 10.3 Å². The summed E-state index contributed by atoms with van der Waals surface area (Å²) < 4.78 is 5.78. The van der Waals surface area contributed by atoms with Crippen LogP contribution in [0.2, 0.25) is 15.2 Å². The van der Waals surface area contributed by atoms with Gasteiger partial charge in [-0.1, -0.05) is 65.1 Å². The van der Waals surface area contributed by atoms with Gasteiger partial charge < -0.3 is 10.1 Å². The molecule has 0 atom stereocenters. The van der Waals surface area contributed by atoms with Crippen molar-refractivity contribution in [3.63, 3.8) is 0 Å². The average Bonchev–Trinajstić information content (AvgIpc) is 2.81. The summed E-state index contributed by atoms with van der Waals surface area (Å²) in [5.41, 5.74) is 4.54. The van der Waals surface area contributed by atoms with Gasteiger partial charge in [-0.05, 0) is 46.9 Å².